The molecule has 1 aliphatic heterocycles. The van der Waals surface area contributed by atoms with E-state index >= 15 is 0 Å². The summed E-state index contributed by atoms with van der Waals surface area (Å²) < 4.78 is 5.87. The summed E-state index contributed by atoms with van der Waals surface area (Å²) >= 11 is 0. The molecule has 1 heterocycles. The van der Waals surface area contributed by atoms with Gasteiger partial charge in [-0.1, -0.05) is 18.2 Å². The topological polar surface area (TPSA) is 58.6 Å². The van der Waals surface area contributed by atoms with Gasteiger partial charge in [-0.2, -0.15) is 0 Å². The van der Waals surface area contributed by atoms with Crippen LogP contribution in [0.25, 0.3) is 0 Å². The number of fused-ring (bicyclic) bond motifs is 1. The van der Waals surface area contributed by atoms with Crippen molar-refractivity contribution < 1.29 is 14.6 Å². The van der Waals surface area contributed by atoms with Crippen LogP contribution >= 0.6 is 0 Å². The number of carbonyl (C=O) groups is 1. The van der Waals surface area contributed by atoms with E-state index in [0.29, 0.717) is 18.7 Å². The Bertz CT molecular complexity index is 432. The Balaban J connectivity index is 2.18. The highest BCUT2D eigenvalue weighted by molar-refractivity contribution is 5.72. The van der Waals surface area contributed by atoms with Gasteiger partial charge in [0.2, 0.25) is 5.91 Å². The number of nitrogens with one attached hydrogen (secondary N) is 1. The fourth-order valence-electron chi connectivity index (χ4n) is 2.09. The first kappa shape index (κ1) is 11.9. The first-order valence-corrected chi connectivity index (χ1v) is 5.71. The standard InChI is InChI=1S/C13H17NO3/c1-9(15)14-8-13(2)7-11(16)10-5-3-4-6-12(10)17-13/h3-6,11,16H,7-8H2,1-2H3,(H,14,15). The molecule has 0 fully saturated rings. The third-order valence-corrected chi connectivity index (χ3v) is 2.97. The summed E-state index contributed by atoms with van der Waals surface area (Å²) in [6, 6.07) is 7.44. The number of aliphatic hydroxyl groups is 1. The average Bonchev–Trinajstić information content (AvgIpc) is 2.26. The third-order valence-electron chi connectivity index (χ3n) is 2.97. The number of ether oxygens (including phenoxy) is 1. The molecule has 0 saturated heterocycles. The van der Waals surface area contributed by atoms with Gasteiger partial charge < -0.3 is 15.2 Å². The molecule has 2 atom stereocenters. The van der Waals surface area contributed by atoms with Crippen molar-refractivity contribution in [1.29, 1.82) is 0 Å². The van der Waals surface area contributed by atoms with Gasteiger partial charge in [0.25, 0.3) is 0 Å². The van der Waals surface area contributed by atoms with E-state index in [2.05, 4.69) is 5.32 Å². The van der Waals surface area contributed by atoms with Crippen molar-refractivity contribution in [3.63, 3.8) is 0 Å². The van der Waals surface area contributed by atoms with Gasteiger partial charge in [-0.05, 0) is 13.0 Å². The molecule has 1 aromatic rings. The molecule has 4 nitrogen and oxygen atoms in total. The van der Waals surface area contributed by atoms with Gasteiger partial charge in [0.05, 0.1) is 12.6 Å². The van der Waals surface area contributed by atoms with E-state index in [1.807, 2.05) is 31.2 Å². The molecular formula is C13H17NO3. The van der Waals surface area contributed by atoms with E-state index in [4.69, 9.17) is 4.74 Å². The minimum Gasteiger partial charge on any atom is -0.485 e. The van der Waals surface area contributed by atoms with Crippen molar-refractivity contribution in [2.24, 2.45) is 0 Å². The van der Waals surface area contributed by atoms with Gasteiger partial charge >= 0.3 is 0 Å². The summed E-state index contributed by atoms with van der Waals surface area (Å²) in [6.07, 6.45) is -0.0664. The molecule has 1 aliphatic rings. The summed E-state index contributed by atoms with van der Waals surface area (Å²) in [4.78, 5) is 10.9. The van der Waals surface area contributed by atoms with Gasteiger partial charge in [-0.3, -0.25) is 4.79 Å². The Morgan fingerprint density at radius 1 is 1.59 bits per heavy atom. The summed E-state index contributed by atoms with van der Waals surface area (Å²) in [5, 5.41) is 12.8. The third kappa shape index (κ3) is 2.58. The maximum Gasteiger partial charge on any atom is 0.217 e. The predicted molar refractivity (Wildman–Crippen MR) is 63.7 cm³/mol. The van der Waals surface area contributed by atoms with E-state index in [0.717, 1.165) is 5.56 Å². The van der Waals surface area contributed by atoms with E-state index in [1.54, 1.807) is 0 Å². The van der Waals surface area contributed by atoms with Crippen LogP contribution in [0, 0.1) is 0 Å². The Kier molecular flexibility index (Phi) is 3.07. The Morgan fingerprint density at radius 3 is 3.00 bits per heavy atom. The molecular weight excluding hydrogens is 218 g/mol. The predicted octanol–water partition coefficient (Wildman–Crippen LogP) is 1.40. The van der Waals surface area contributed by atoms with Crippen LogP contribution in [0.3, 0.4) is 0 Å². The molecule has 2 rings (SSSR count). The first-order valence-electron chi connectivity index (χ1n) is 5.71. The zero-order valence-corrected chi connectivity index (χ0v) is 10.1. The number of rotatable bonds is 2. The lowest BCUT2D eigenvalue weighted by molar-refractivity contribution is -0.120. The second-order valence-corrected chi connectivity index (χ2v) is 4.72. The lowest BCUT2D eigenvalue weighted by Crippen LogP contribution is -2.47. The number of benzene rings is 1. The van der Waals surface area contributed by atoms with E-state index < -0.39 is 11.7 Å². The van der Waals surface area contributed by atoms with E-state index in [-0.39, 0.29) is 5.91 Å². The fraction of sp³-hybridized carbons (Fsp3) is 0.462. The lowest BCUT2D eigenvalue weighted by Gasteiger charge is -2.38. The second kappa shape index (κ2) is 4.37. The summed E-state index contributed by atoms with van der Waals surface area (Å²) in [5.41, 5.74) is 0.257. The summed E-state index contributed by atoms with van der Waals surface area (Å²) in [7, 11) is 0. The fourth-order valence-corrected chi connectivity index (χ4v) is 2.09. The average molecular weight is 235 g/mol. The molecule has 0 aromatic heterocycles. The van der Waals surface area contributed by atoms with Crippen molar-refractivity contribution >= 4 is 5.91 Å². The molecule has 92 valence electrons. The molecule has 0 aliphatic carbocycles. The van der Waals surface area contributed by atoms with E-state index in [1.165, 1.54) is 6.92 Å². The van der Waals surface area contributed by atoms with Gasteiger partial charge in [-0.25, -0.2) is 0 Å². The van der Waals surface area contributed by atoms with Crippen LogP contribution in [0.1, 0.15) is 31.9 Å². The van der Waals surface area contributed by atoms with Gasteiger partial charge in [-0.15, -0.1) is 0 Å². The zero-order chi connectivity index (χ0) is 12.5. The Morgan fingerprint density at radius 2 is 2.29 bits per heavy atom. The van der Waals surface area contributed by atoms with Crippen molar-refractivity contribution in [3.05, 3.63) is 29.8 Å². The number of amides is 1. The molecule has 1 aromatic carbocycles. The Hall–Kier alpha value is -1.55. The minimum absolute atomic E-state index is 0.0943. The van der Waals surface area contributed by atoms with E-state index in [9.17, 15) is 9.90 Å². The lowest BCUT2D eigenvalue weighted by atomic mass is 9.90. The van der Waals surface area contributed by atoms with Crippen molar-refractivity contribution in [3.8, 4) is 5.75 Å². The molecule has 1 amide bonds. The van der Waals surface area contributed by atoms with Gasteiger partial charge in [0.15, 0.2) is 0 Å². The molecule has 2 N–H and O–H groups in total. The molecule has 4 heteroatoms. The maximum absolute atomic E-state index is 10.9. The van der Waals surface area contributed by atoms with Crippen molar-refractivity contribution in [2.75, 3.05) is 6.54 Å². The van der Waals surface area contributed by atoms with Crippen LogP contribution in [0.2, 0.25) is 0 Å². The molecule has 0 saturated carbocycles. The molecule has 0 spiro atoms. The monoisotopic (exact) mass is 235 g/mol. The first-order chi connectivity index (χ1) is 8.00. The van der Waals surface area contributed by atoms with Crippen LogP contribution in [0.5, 0.6) is 5.75 Å². The van der Waals surface area contributed by atoms with Gasteiger partial charge in [0.1, 0.15) is 11.4 Å². The second-order valence-electron chi connectivity index (χ2n) is 4.72. The van der Waals surface area contributed by atoms with Crippen LogP contribution in [-0.2, 0) is 4.79 Å². The number of hydrogen-bond donors (Lipinski definition) is 2. The normalized spacial score (nSPS) is 26.9. The summed E-state index contributed by atoms with van der Waals surface area (Å²) in [5.74, 6) is 0.599. The van der Waals surface area contributed by atoms with Crippen molar-refractivity contribution in [2.45, 2.75) is 32.0 Å². The molecule has 2 unspecified atom stereocenters. The molecule has 17 heavy (non-hydrogen) atoms. The molecule has 0 bridgehead atoms. The van der Waals surface area contributed by atoms with Crippen LogP contribution in [-0.4, -0.2) is 23.2 Å². The highest BCUT2D eigenvalue weighted by atomic mass is 16.5. The molecule has 0 radical (unpaired) electrons. The highest BCUT2D eigenvalue weighted by Crippen LogP contribution is 2.38. The smallest absolute Gasteiger partial charge is 0.217 e. The largest absolute Gasteiger partial charge is 0.485 e. The van der Waals surface area contributed by atoms with Crippen LogP contribution in [0.15, 0.2) is 24.3 Å². The number of carbonyl (C=O) groups excluding carboxylic acids is 1. The minimum atomic E-state index is -0.556. The number of hydrogen-bond acceptors (Lipinski definition) is 3. The highest BCUT2D eigenvalue weighted by Gasteiger charge is 2.36. The summed E-state index contributed by atoms with van der Waals surface area (Å²) in [6.45, 7) is 3.76. The number of para-hydroxylation sites is 1. The zero-order valence-electron chi connectivity index (χ0n) is 10.1. The Labute approximate surface area is 101 Å². The SMILES string of the molecule is CC(=O)NCC1(C)CC(O)c2ccccc2O1. The number of aliphatic hydroxyl groups excluding tert-OH is 1. The quantitative estimate of drug-likeness (QED) is 0.814. The van der Waals surface area contributed by atoms with Crippen LogP contribution in [0.4, 0.5) is 0 Å². The van der Waals surface area contributed by atoms with Gasteiger partial charge in [0, 0.05) is 18.9 Å². The van der Waals surface area contributed by atoms with Crippen LogP contribution < -0.4 is 10.1 Å². The van der Waals surface area contributed by atoms with Crippen molar-refractivity contribution in [1.82, 2.24) is 5.32 Å². The maximum atomic E-state index is 10.9.